The van der Waals surface area contributed by atoms with Gasteiger partial charge in [-0.15, -0.1) is 0 Å². The average Bonchev–Trinajstić information content (AvgIpc) is 2.80. The second-order valence-electron chi connectivity index (χ2n) is 5.29. The molecule has 0 fully saturated rings. The van der Waals surface area contributed by atoms with Gasteiger partial charge in [0.1, 0.15) is 0 Å². The summed E-state index contributed by atoms with van der Waals surface area (Å²) in [6.07, 6.45) is 5.00. The van der Waals surface area contributed by atoms with E-state index >= 15 is 0 Å². The molecule has 0 spiro atoms. The van der Waals surface area contributed by atoms with Crippen molar-refractivity contribution in [3.63, 3.8) is 0 Å². The van der Waals surface area contributed by atoms with Gasteiger partial charge in [0.05, 0.1) is 18.8 Å². The van der Waals surface area contributed by atoms with Gasteiger partial charge in [-0.3, -0.25) is 4.68 Å². The van der Waals surface area contributed by atoms with Crippen LogP contribution in [0.5, 0.6) is 0 Å². The summed E-state index contributed by atoms with van der Waals surface area (Å²) >= 11 is 0. The standard InChI is InChI=1S/C16H31N3O/c1-5-10-20-11-9-19-16(8-4)14(12-13(17)6-2)15(7-3)18-19/h13H,5-12,17H2,1-4H3. The highest BCUT2D eigenvalue weighted by molar-refractivity contribution is 5.28. The molecule has 0 aromatic carbocycles. The van der Waals surface area contributed by atoms with Crippen LogP contribution in [0.15, 0.2) is 0 Å². The first-order valence-corrected chi connectivity index (χ1v) is 8.08. The van der Waals surface area contributed by atoms with Crippen molar-refractivity contribution in [2.24, 2.45) is 5.73 Å². The predicted molar refractivity (Wildman–Crippen MR) is 84.1 cm³/mol. The molecule has 0 saturated carbocycles. The van der Waals surface area contributed by atoms with E-state index < -0.39 is 0 Å². The van der Waals surface area contributed by atoms with Crippen molar-refractivity contribution in [1.82, 2.24) is 9.78 Å². The van der Waals surface area contributed by atoms with E-state index in [1.54, 1.807) is 0 Å². The highest BCUT2D eigenvalue weighted by Gasteiger charge is 2.17. The fourth-order valence-electron chi connectivity index (χ4n) is 2.49. The lowest BCUT2D eigenvalue weighted by Crippen LogP contribution is -2.22. The van der Waals surface area contributed by atoms with E-state index in [0.717, 1.165) is 51.9 Å². The molecule has 2 N–H and O–H groups in total. The van der Waals surface area contributed by atoms with E-state index in [9.17, 15) is 0 Å². The molecule has 0 radical (unpaired) electrons. The van der Waals surface area contributed by atoms with Gasteiger partial charge in [-0.05, 0) is 37.7 Å². The normalized spacial score (nSPS) is 12.8. The summed E-state index contributed by atoms with van der Waals surface area (Å²) in [4.78, 5) is 0. The molecule has 1 atom stereocenters. The highest BCUT2D eigenvalue weighted by atomic mass is 16.5. The second kappa shape index (κ2) is 9.14. The maximum absolute atomic E-state index is 6.14. The minimum atomic E-state index is 0.236. The number of hydrogen-bond donors (Lipinski definition) is 1. The van der Waals surface area contributed by atoms with E-state index in [4.69, 9.17) is 15.6 Å². The van der Waals surface area contributed by atoms with Crippen molar-refractivity contribution < 1.29 is 4.74 Å². The van der Waals surface area contributed by atoms with Crippen molar-refractivity contribution in [2.45, 2.75) is 72.4 Å². The van der Waals surface area contributed by atoms with Crippen LogP contribution in [0.3, 0.4) is 0 Å². The molecule has 116 valence electrons. The molecule has 1 aromatic rings. The van der Waals surface area contributed by atoms with Gasteiger partial charge in [0.25, 0.3) is 0 Å². The number of hydrogen-bond acceptors (Lipinski definition) is 3. The smallest absolute Gasteiger partial charge is 0.0662 e. The lowest BCUT2D eigenvalue weighted by Gasteiger charge is -2.11. The third kappa shape index (κ3) is 4.60. The summed E-state index contributed by atoms with van der Waals surface area (Å²) in [5, 5.41) is 4.77. The Labute approximate surface area is 123 Å². The Hall–Kier alpha value is -0.870. The van der Waals surface area contributed by atoms with Crippen LogP contribution in [0, 0.1) is 0 Å². The first-order chi connectivity index (χ1) is 9.67. The van der Waals surface area contributed by atoms with E-state index in [2.05, 4.69) is 32.4 Å². The van der Waals surface area contributed by atoms with Crippen LogP contribution >= 0.6 is 0 Å². The molecule has 0 aliphatic heterocycles. The molecular weight excluding hydrogens is 250 g/mol. The van der Waals surface area contributed by atoms with Crippen LogP contribution in [-0.2, 0) is 30.5 Å². The van der Waals surface area contributed by atoms with Gasteiger partial charge in [-0.25, -0.2) is 0 Å². The third-order valence-corrected chi connectivity index (χ3v) is 3.71. The molecule has 0 amide bonds. The number of rotatable bonds is 10. The quantitative estimate of drug-likeness (QED) is 0.671. The van der Waals surface area contributed by atoms with E-state index in [-0.39, 0.29) is 6.04 Å². The van der Waals surface area contributed by atoms with E-state index in [0.29, 0.717) is 0 Å². The van der Waals surface area contributed by atoms with Gasteiger partial charge in [0.15, 0.2) is 0 Å². The van der Waals surface area contributed by atoms with Crippen LogP contribution in [0.2, 0.25) is 0 Å². The molecule has 1 aromatic heterocycles. The zero-order chi connectivity index (χ0) is 15.0. The van der Waals surface area contributed by atoms with Crippen molar-refractivity contribution in [3.05, 3.63) is 17.0 Å². The van der Waals surface area contributed by atoms with Gasteiger partial charge in [0.2, 0.25) is 0 Å². The molecule has 0 saturated heterocycles. The Morgan fingerprint density at radius 2 is 1.90 bits per heavy atom. The minimum absolute atomic E-state index is 0.236. The van der Waals surface area contributed by atoms with Crippen molar-refractivity contribution >= 4 is 0 Å². The van der Waals surface area contributed by atoms with Crippen molar-refractivity contribution in [3.8, 4) is 0 Å². The first-order valence-electron chi connectivity index (χ1n) is 8.08. The molecule has 1 rings (SSSR count). The van der Waals surface area contributed by atoms with E-state index in [1.807, 2.05) is 0 Å². The summed E-state index contributed by atoms with van der Waals surface area (Å²) in [5.74, 6) is 0. The molecule has 0 bridgehead atoms. The van der Waals surface area contributed by atoms with Crippen molar-refractivity contribution in [1.29, 1.82) is 0 Å². The zero-order valence-electron chi connectivity index (χ0n) is 13.6. The monoisotopic (exact) mass is 281 g/mol. The highest BCUT2D eigenvalue weighted by Crippen LogP contribution is 2.18. The third-order valence-electron chi connectivity index (χ3n) is 3.71. The topological polar surface area (TPSA) is 53.1 Å². The Bertz CT molecular complexity index is 387. The van der Waals surface area contributed by atoms with Gasteiger partial charge < -0.3 is 10.5 Å². The summed E-state index contributed by atoms with van der Waals surface area (Å²) in [7, 11) is 0. The molecule has 1 heterocycles. The number of aryl methyl sites for hydroxylation is 1. The maximum atomic E-state index is 6.14. The van der Waals surface area contributed by atoms with Crippen LogP contribution in [0.1, 0.15) is 57.5 Å². The van der Waals surface area contributed by atoms with Gasteiger partial charge in [0, 0.05) is 18.3 Å². The second-order valence-corrected chi connectivity index (χ2v) is 5.29. The summed E-state index contributed by atoms with van der Waals surface area (Å²) < 4.78 is 7.72. The summed E-state index contributed by atoms with van der Waals surface area (Å²) in [6, 6.07) is 0.236. The molecule has 1 unspecified atom stereocenters. The zero-order valence-corrected chi connectivity index (χ0v) is 13.6. The van der Waals surface area contributed by atoms with E-state index in [1.165, 1.54) is 17.0 Å². The number of nitrogens with zero attached hydrogens (tertiary/aromatic N) is 2. The van der Waals surface area contributed by atoms with Crippen LogP contribution in [0.4, 0.5) is 0 Å². The van der Waals surface area contributed by atoms with Gasteiger partial charge in [-0.2, -0.15) is 5.10 Å². The fraction of sp³-hybridized carbons (Fsp3) is 0.812. The molecule has 20 heavy (non-hydrogen) atoms. The van der Waals surface area contributed by atoms with Gasteiger partial charge >= 0.3 is 0 Å². The number of ether oxygens (including phenoxy) is 1. The Kier molecular flexibility index (Phi) is 7.85. The molecule has 0 aliphatic carbocycles. The molecule has 4 heteroatoms. The Morgan fingerprint density at radius 3 is 2.45 bits per heavy atom. The predicted octanol–water partition coefficient (Wildman–Crippen LogP) is 2.71. The molecule has 0 aliphatic rings. The summed E-state index contributed by atoms with van der Waals surface area (Å²) in [5.41, 5.74) is 10.1. The Balaban J connectivity index is 2.83. The SMILES string of the molecule is CCCOCCn1nc(CC)c(CC(N)CC)c1CC. The van der Waals surface area contributed by atoms with Crippen LogP contribution in [-0.4, -0.2) is 29.0 Å². The fourth-order valence-corrected chi connectivity index (χ4v) is 2.49. The van der Waals surface area contributed by atoms with Crippen LogP contribution in [0.25, 0.3) is 0 Å². The Morgan fingerprint density at radius 1 is 1.15 bits per heavy atom. The lowest BCUT2D eigenvalue weighted by molar-refractivity contribution is 0.123. The maximum Gasteiger partial charge on any atom is 0.0662 e. The lowest BCUT2D eigenvalue weighted by atomic mass is 10.00. The summed E-state index contributed by atoms with van der Waals surface area (Å²) in [6.45, 7) is 11.1. The minimum Gasteiger partial charge on any atom is -0.380 e. The molecular formula is C16H31N3O. The largest absolute Gasteiger partial charge is 0.380 e. The van der Waals surface area contributed by atoms with Crippen molar-refractivity contribution in [2.75, 3.05) is 13.2 Å². The molecule has 4 nitrogen and oxygen atoms in total. The number of nitrogens with two attached hydrogens (primary N) is 1. The first kappa shape index (κ1) is 17.2. The van der Waals surface area contributed by atoms with Gasteiger partial charge in [-0.1, -0.05) is 27.7 Å². The van der Waals surface area contributed by atoms with Crippen LogP contribution < -0.4 is 5.73 Å². The average molecular weight is 281 g/mol. The number of aromatic nitrogens is 2.